The normalized spacial score (nSPS) is 15.0. The molecule has 1 aliphatic rings. The fourth-order valence-electron chi connectivity index (χ4n) is 6.47. The fourth-order valence-corrected chi connectivity index (χ4v) is 6.71. The molecule has 53 heavy (non-hydrogen) atoms. The molecule has 13 nitrogen and oxygen atoms in total. The van der Waals surface area contributed by atoms with Crippen molar-refractivity contribution in [1.82, 2.24) is 25.0 Å². The second-order valence-electron chi connectivity index (χ2n) is 13.1. The highest BCUT2D eigenvalue weighted by Crippen LogP contribution is 2.37. The van der Waals surface area contributed by atoms with E-state index in [-0.39, 0.29) is 30.9 Å². The van der Waals surface area contributed by atoms with Crippen LogP contribution in [0.5, 0.6) is 11.5 Å². The zero-order valence-electron chi connectivity index (χ0n) is 29.1. The number of fused-ring (bicyclic) bond motifs is 1. The van der Waals surface area contributed by atoms with Gasteiger partial charge < -0.3 is 35.4 Å². The number of carboxylic acid groups (broad SMARTS) is 1. The number of nitrogens with zero attached hydrogens (tertiary/aromatic N) is 5. The molecule has 0 radical (unpaired) electrons. The molecule has 1 fully saturated rings. The van der Waals surface area contributed by atoms with E-state index < -0.39 is 18.6 Å². The SMILES string of the molecule is N#Cc1cncc(COc2cc(OCc3cccc(-c4cccc5c4cnn5CCCCN4CCC(O)C4)c3N)c(Cl)cc2CN[C@@H](CO)C(=O)O)c1. The number of benzene rings is 3. The topological polar surface area (TPSA) is 192 Å². The van der Waals surface area contributed by atoms with E-state index >= 15 is 0 Å². The number of aliphatic hydroxyl groups is 2. The van der Waals surface area contributed by atoms with Gasteiger partial charge in [0, 0.05) is 78.0 Å². The molecule has 0 aliphatic carbocycles. The van der Waals surface area contributed by atoms with Crippen molar-refractivity contribution in [2.24, 2.45) is 0 Å². The summed E-state index contributed by atoms with van der Waals surface area (Å²) in [5.74, 6) is -0.515. The number of aryl methyl sites for hydroxylation is 1. The second-order valence-corrected chi connectivity index (χ2v) is 13.5. The van der Waals surface area contributed by atoms with Gasteiger partial charge in [-0.05, 0) is 49.6 Å². The number of ether oxygens (including phenoxy) is 2. The number of unbranched alkanes of at least 4 members (excludes halogenated alkanes) is 1. The third-order valence-electron chi connectivity index (χ3n) is 9.35. The van der Waals surface area contributed by atoms with Crippen molar-refractivity contribution in [2.45, 2.75) is 57.7 Å². The van der Waals surface area contributed by atoms with Crippen LogP contribution in [0.1, 0.15) is 41.5 Å². The Kier molecular flexibility index (Phi) is 12.4. The number of nitrogen functional groups attached to an aromatic ring is 1. The van der Waals surface area contributed by atoms with E-state index in [1.54, 1.807) is 24.4 Å². The number of anilines is 1. The number of β-amino-alcohol motifs (C(OH)–C–C–N with tert-alkyl or cyclic N) is 1. The molecule has 1 aliphatic heterocycles. The Balaban J connectivity index is 1.18. The molecule has 0 bridgehead atoms. The molecule has 3 aromatic carbocycles. The summed E-state index contributed by atoms with van der Waals surface area (Å²) < 4.78 is 14.4. The van der Waals surface area contributed by atoms with E-state index in [4.69, 9.17) is 31.9 Å². The number of nitrogens with one attached hydrogen (secondary N) is 1. The number of hydrogen-bond acceptors (Lipinski definition) is 11. The molecule has 1 saturated heterocycles. The number of rotatable bonds is 17. The summed E-state index contributed by atoms with van der Waals surface area (Å²) in [5, 5.41) is 46.7. The maximum Gasteiger partial charge on any atom is 0.323 e. The molecule has 2 aromatic heterocycles. The maximum absolute atomic E-state index is 11.5. The molecule has 2 atom stereocenters. The molecule has 14 heteroatoms. The molecule has 276 valence electrons. The molecule has 0 saturated carbocycles. The van der Waals surface area contributed by atoms with Crippen LogP contribution in [0.4, 0.5) is 5.69 Å². The van der Waals surface area contributed by atoms with E-state index in [0.29, 0.717) is 33.9 Å². The predicted molar refractivity (Wildman–Crippen MR) is 200 cm³/mol. The lowest BCUT2D eigenvalue weighted by molar-refractivity contribution is -0.140. The lowest BCUT2D eigenvalue weighted by atomic mass is 9.98. The van der Waals surface area contributed by atoms with E-state index in [1.807, 2.05) is 41.2 Å². The molecular weight excluding hydrogens is 698 g/mol. The van der Waals surface area contributed by atoms with Crippen LogP contribution in [0.3, 0.4) is 0 Å². The third kappa shape index (κ3) is 9.23. The number of aliphatic carboxylic acids is 1. The smallest absolute Gasteiger partial charge is 0.323 e. The molecule has 0 amide bonds. The van der Waals surface area contributed by atoms with Crippen molar-refractivity contribution in [3.05, 3.63) is 100 Å². The minimum atomic E-state index is -1.20. The second kappa shape index (κ2) is 17.5. The van der Waals surface area contributed by atoms with Crippen molar-refractivity contribution in [1.29, 1.82) is 5.26 Å². The first-order valence-corrected chi connectivity index (χ1v) is 17.8. The molecular formula is C39H42ClN7O6. The van der Waals surface area contributed by atoms with E-state index in [0.717, 1.165) is 73.0 Å². The summed E-state index contributed by atoms with van der Waals surface area (Å²) >= 11 is 6.68. The Hall–Kier alpha value is -5.23. The Morgan fingerprint density at radius 1 is 1.04 bits per heavy atom. The van der Waals surface area contributed by atoms with Gasteiger partial charge in [0.1, 0.15) is 36.8 Å². The zero-order valence-corrected chi connectivity index (χ0v) is 29.9. The third-order valence-corrected chi connectivity index (χ3v) is 9.65. The van der Waals surface area contributed by atoms with Gasteiger partial charge in [-0.3, -0.25) is 19.8 Å². The number of aliphatic hydroxyl groups excluding tert-OH is 2. The van der Waals surface area contributed by atoms with Crippen LogP contribution in [0.2, 0.25) is 5.02 Å². The van der Waals surface area contributed by atoms with Crippen molar-refractivity contribution >= 4 is 34.2 Å². The molecule has 6 rings (SSSR count). The fraction of sp³-hybridized carbons (Fsp3) is 0.333. The Labute approximate surface area is 312 Å². The predicted octanol–water partition coefficient (Wildman–Crippen LogP) is 4.75. The van der Waals surface area contributed by atoms with Crippen LogP contribution >= 0.6 is 11.6 Å². The Morgan fingerprint density at radius 2 is 1.83 bits per heavy atom. The lowest BCUT2D eigenvalue weighted by Crippen LogP contribution is -2.39. The van der Waals surface area contributed by atoms with Gasteiger partial charge >= 0.3 is 5.97 Å². The monoisotopic (exact) mass is 739 g/mol. The first-order chi connectivity index (χ1) is 25.7. The summed E-state index contributed by atoms with van der Waals surface area (Å²) in [7, 11) is 0. The zero-order chi connectivity index (χ0) is 37.3. The van der Waals surface area contributed by atoms with E-state index in [2.05, 4.69) is 27.3 Å². The van der Waals surface area contributed by atoms with Gasteiger partial charge in [-0.1, -0.05) is 41.9 Å². The summed E-state index contributed by atoms with van der Waals surface area (Å²) in [6.45, 7) is 3.07. The molecule has 6 N–H and O–H groups in total. The van der Waals surface area contributed by atoms with Crippen molar-refractivity contribution in [3.8, 4) is 28.7 Å². The Bertz CT molecular complexity index is 2100. The van der Waals surface area contributed by atoms with Crippen molar-refractivity contribution in [2.75, 3.05) is 32.0 Å². The molecule has 5 aromatic rings. The summed E-state index contributed by atoms with van der Waals surface area (Å²) in [4.78, 5) is 17.9. The van der Waals surface area contributed by atoms with Gasteiger partial charge in [0.15, 0.2) is 0 Å². The van der Waals surface area contributed by atoms with Crippen LogP contribution in [0, 0.1) is 11.3 Å². The van der Waals surface area contributed by atoms with Crippen LogP contribution in [0.25, 0.3) is 22.0 Å². The van der Waals surface area contributed by atoms with Crippen LogP contribution < -0.4 is 20.5 Å². The quantitative estimate of drug-likeness (QED) is 0.0651. The number of nitrogens with two attached hydrogens (primary N) is 1. The largest absolute Gasteiger partial charge is 0.488 e. The van der Waals surface area contributed by atoms with Crippen molar-refractivity contribution < 1.29 is 29.6 Å². The van der Waals surface area contributed by atoms with Crippen LogP contribution in [0.15, 0.2) is 73.2 Å². The maximum atomic E-state index is 11.5. The van der Waals surface area contributed by atoms with Crippen LogP contribution in [-0.4, -0.2) is 79.3 Å². The first kappa shape index (κ1) is 37.5. The number of nitriles is 1. The van der Waals surface area contributed by atoms with Gasteiger partial charge in [-0.2, -0.15) is 10.4 Å². The highest BCUT2D eigenvalue weighted by molar-refractivity contribution is 6.32. The van der Waals surface area contributed by atoms with Gasteiger partial charge in [0.2, 0.25) is 0 Å². The first-order valence-electron chi connectivity index (χ1n) is 17.5. The standard InChI is InChI=1S/C39H42ClN7O6/c40-33-14-28(19-44-34(22-48)39(50)51)36(52-23-26-13-25(16-41)17-43-18-26)15-37(33)53-24-27-5-3-7-31(38(27)42)30-6-4-8-35-32(30)20-45-47(35)11-2-1-10-46-12-9-29(49)21-46/h3-8,13-15,17-18,20,29,34,44,48-49H,1-2,9-12,19,21-24,42H2,(H,50,51)/t29?,34-/m0/s1. The summed E-state index contributed by atoms with van der Waals surface area (Å²) in [6.07, 6.45) is 7.58. The lowest BCUT2D eigenvalue weighted by Gasteiger charge is -2.18. The number of likely N-dealkylation sites (tertiary alicyclic amines) is 1. The minimum absolute atomic E-state index is 0.0318. The number of aromatic nitrogens is 3. The number of carboxylic acids is 1. The molecule has 3 heterocycles. The number of halogens is 1. The van der Waals surface area contributed by atoms with E-state index in [9.17, 15) is 25.4 Å². The number of carbonyl (C=O) groups is 1. The minimum Gasteiger partial charge on any atom is -0.488 e. The summed E-state index contributed by atoms with van der Waals surface area (Å²) in [5.41, 5.74) is 12.5. The molecule has 0 spiro atoms. The van der Waals surface area contributed by atoms with Gasteiger partial charge in [-0.15, -0.1) is 0 Å². The summed E-state index contributed by atoms with van der Waals surface area (Å²) in [6, 6.07) is 17.7. The number of para-hydroxylation sites is 1. The van der Waals surface area contributed by atoms with E-state index in [1.165, 1.54) is 6.20 Å². The highest BCUT2D eigenvalue weighted by atomic mass is 35.5. The molecule has 1 unspecified atom stereocenters. The Morgan fingerprint density at radius 3 is 2.60 bits per heavy atom. The average Bonchev–Trinajstić information content (AvgIpc) is 3.78. The number of pyridine rings is 1. The highest BCUT2D eigenvalue weighted by Gasteiger charge is 2.21. The van der Waals surface area contributed by atoms with Gasteiger partial charge in [0.05, 0.1) is 35.0 Å². The number of hydrogen-bond donors (Lipinski definition) is 5. The van der Waals surface area contributed by atoms with Crippen molar-refractivity contribution in [3.63, 3.8) is 0 Å². The van der Waals surface area contributed by atoms with Gasteiger partial charge in [0.25, 0.3) is 0 Å². The van der Waals surface area contributed by atoms with Crippen LogP contribution in [-0.2, 0) is 31.1 Å². The van der Waals surface area contributed by atoms with Gasteiger partial charge in [-0.25, -0.2) is 0 Å². The average molecular weight is 740 g/mol.